The van der Waals surface area contributed by atoms with Crippen molar-refractivity contribution in [2.24, 2.45) is 5.41 Å². The SMILES string of the molecule is CC(C)c1ccc(C(=O)N2CC[C@@]3(CCCN(C4CCCCC4)C3=O)C2)cc1. The first-order chi connectivity index (χ1) is 13.5. The maximum absolute atomic E-state index is 13.5. The van der Waals surface area contributed by atoms with Gasteiger partial charge in [-0.25, -0.2) is 0 Å². The van der Waals surface area contributed by atoms with Crippen LogP contribution in [0.2, 0.25) is 0 Å². The van der Waals surface area contributed by atoms with E-state index >= 15 is 0 Å². The summed E-state index contributed by atoms with van der Waals surface area (Å²) in [5.41, 5.74) is 1.66. The van der Waals surface area contributed by atoms with Gasteiger partial charge in [-0.1, -0.05) is 45.2 Å². The second kappa shape index (κ2) is 7.88. The number of piperidine rings is 1. The van der Waals surface area contributed by atoms with E-state index in [-0.39, 0.29) is 11.3 Å². The molecule has 2 heterocycles. The molecule has 0 radical (unpaired) electrons. The Morgan fingerprint density at radius 2 is 1.71 bits per heavy atom. The highest BCUT2D eigenvalue weighted by atomic mass is 16.2. The zero-order valence-corrected chi connectivity index (χ0v) is 17.5. The molecule has 3 fully saturated rings. The van der Waals surface area contributed by atoms with Crippen LogP contribution < -0.4 is 0 Å². The largest absolute Gasteiger partial charge is 0.339 e. The highest BCUT2D eigenvalue weighted by Crippen LogP contribution is 2.42. The molecule has 0 aromatic heterocycles. The Morgan fingerprint density at radius 3 is 2.39 bits per heavy atom. The lowest BCUT2D eigenvalue weighted by Gasteiger charge is -2.44. The lowest BCUT2D eigenvalue weighted by Crippen LogP contribution is -2.54. The second-order valence-corrected chi connectivity index (χ2v) is 9.43. The Kier molecular flexibility index (Phi) is 5.48. The van der Waals surface area contributed by atoms with E-state index in [1.807, 2.05) is 17.0 Å². The zero-order chi connectivity index (χ0) is 19.7. The predicted octanol–water partition coefficient (Wildman–Crippen LogP) is 4.60. The smallest absolute Gasteiger partial charge is 0.253 e. The maximum Gasteiger partial charge on any atom is 0.253 e. The van der Waals surface area contributed by atoms with Crippen molar-refractivity contribution in [3.63, 3.8) is 0 Å². The van der Waals surface area contributed by atoms with E-state index in [4.69, 9.17) is 0 Å². The summed E-state index contributed by atoms with van der Waals surface area (Å²) in [7, 11) is 0. The molecule has 1 aromatic rings. The van der Waals surface area contributed by atoms with Crippen molar-refractivity contribution in [2.45, 2.75) is 77.2 Å². The van der Waals surface area contributed by atoms with E-state index in [2.05, 4.69) is 30.9 Å². The van der Waals surface area contributed by atoms with Gasteiger partial charge in [0.05, 0.1) is 5.41 Å². The van der Waals surface area contributed by atoms with Crippen LogP contribution in [0.5, 0.6) is 0 Å². The minimum Gasteiger partial charge on any atom is -0.339 e. The van der Waals surface area contributed by atoms with Gasteiger partial charge in [0.1, 0.15) is 0 Å². The van der Waals surface area contributed by atoms with Gasteiger partial charge in [-0.05, 0) is 55.7 Å². The summed E-state index contributed by atoms with van der Waals surface area (Å²) >= 11 is 0. The van der Waals surface area contributed by atoms with Crippen LogP contribution in [0.15, 0.2) is 24.3 Å². The van der Waals surface area contributed by atoms with E-state index < -0.39 is 0 Å². The van der Waals surface area contributed by atoms with Crippen LogP contribution >= 0.6 is 0 Å². The molecule has 1 saturated carbocycles. The van der Waals surface area contributed by atoms with Gasteiger partial charge in [-0.15, -0.1) is 0 Å². The lowest BCUT2D eigenvalue weighted by molar-refractivity contribution is -0.149. The molecule has 2 amide bonds. The van der Waals surface area contributed by atoms with Crippen LogP contribution in [-0.2, 0) is 4.79 Å². The molecule has 3 aliphatic rings. The maximum atomic E-state index is 13.5. The van der Waals surface area contributed by atoms with Gasteiger partial charge in [0.25, 0.3) is 5.91 Å². The fourth-order valence-corrected chi connectivity index (χ4v) is 5.46. The Labute approximate surface area is 169 Å². The molecule has 28 heavy (non-hydrogen) atoms. The average Bonchev–Trinajstić information content (AvgIpc) is 3.15. The topological polar surface area (TPSA) is 40.6 Å². The van der Waals surface area contributed by atoms with Crippen molar-refractivity contribution in [1.82, 2.24) is 9.80 Å². The summed E-state index contributed by atoms with van der Waals surface area (Å²) in [4.78, 5) is 30.6. The molecule has 0 N–H and O–H groups in total. The van der Waals surface area contributed by atoms with Gasteiger partial charge in [-0.2, -0.15) is 0 Å². The second-order valence-electron chi connectivity index (χ2n) is 9.43. The third kappa shape index (κ3) is 3.58. The van der Waals surface area contributed by atoms with Gasteiger partial charge in [-0.3, -0.25) is 9.59 Å². The molecule has 4 heteroatoms. The third-order valence-electron chi connectivity index (χ3n) is 7.25. The predicted molar refractivity (Wildman–Crippen MR) is 111 cm³/mol. The number of carbonyl (C=O) groups is 2. The number of likely N-dealkylation sites (tertiary alicyclic amines) is 2. The molecular weight excluding hydrogens is 348 g/mol. The molecule has 2 aliphatic heterocycles. The summed E-state index contributed by atoms with van der Waals surface area (Å²) in [6.45, 7) is 6.53. The molecule has 0 bridgehead atoms. The number of benzene rings is 1. The number of hydrogen-bond donors (Lipinski definition) is 0. The van der Waals surface area contributed by atoms with Crippen LogP contribution in [-0.4, -0.2) is 47.3 Å². The summed E-state index contributed by atoms with van der Waals surface area (Å²) in [6.07, 6.45) is 8.96. The number of hydrogen-bond acceptors (Lipinski definition) is 2. The molecule has 1 aromatic carbocycles. The fraction of sp³-hybridized carbons (Fsp3) is 0.667. The summed E-state index contributed by atoms with van der Waals surface area (Å²) in [5, 5.41) is 0. The highest BCUT2D eigenvalue weighted by molar-refractivity contribution is 5.95. The van der Waals surface area contributed by atoms with E-state index in [1.165, 1.54) is 24.8 Å². The van der Waals surface area contributed by atoms with Crippen LogP contribution in [0.25, 0.3) is 0 Å². The van der Waals surface area contributed by atoms with Crippen LogP contribution in [0.3, 0.4) is 0 Å². The highest BCUT2D eigenvalue weighted by Gasteiger charge is 2.50. The Balaban J connectivity index is 1.46. The van der Waals surface area contributed by atoms with Crippen molar-refractivity contribution in [1.29, 1.82) is 0 Å². The molecule has 1 aliphatic carbocycles. The number of rotatable bonds is 3. The monoisotopic (exact) mass is 382 g/mol. The van der Waals surface area contributed by atoms with E-state index in [0.29, 0.717) is 31.0 Å². The number of carbonyl (C=O) groups excluding carboxylic acids is 2. The van der Waals surface area contributed by atoms with Crippen molar-refractivity contribution in [3.05, 3.63) is 35.4 Å². The van der Waals surface area contributed by atoms with Crippen LogP contribution in [0.1, 0.15) is 87.1 Å². The summed E-state index contributed by atoms with van der Waals surface area (Å²) < 4.78 is 0. The van der Waals surface area contributed by atoms with E-state index in [0.717, 1.165) is 44.2 Å². The average molecular weight is 383 g/mol. The number of amides is 2. The van der Waals surface area contributed by atoms with Gasteiger partial charge < -0.3 is 9.80 Å². The Hall–Kier alpha value is -1.84. The van der Waals surface area contributed by atoms with Crippen molar-refractivity contribution in [2.75, 3.05) is 19.6 Å². The lowest BCUT2D eigenvalue weighted by atomic mass is 9.77. The molecule has 1 spiro atoms. The van der Waals surface area contributed by atoms with E-state index in [9.17, 15) is 9.59 Å². The van der Waals surface area contributed by atoms with Gasteiger partial charge in [0.2, 0.25) is 5.91 Å². The standard InChI is InChI=1S/C24H34N2O2/c1-18(2)19-9-11-20(12-10-19)22(27)25-16-14-24(17-25)13-6-15-26(23(24)28)21-7-4-3-5-8-21/h9-12,18,21H,3-8,13-17H2,1-2H3/t24-/m0/s1. The third-order valence-corrected chi connectivity index (χ3v) is 7.25. The quantitative estimate of drug-likeness (QED) is 0.767. The molecule has 4 rings (SSSR count). The molecule has 1 atom stereocenters. The molecule has 0 unspecified atom stereocenters. The molecule has 152 valence electrons. The Bertz CT molecular complexity index is 721. The molecule has 4 nitrogen and oxygen atoms in total. The fourth-order valence-electron chi connectivity index (χ4n) is 5.46. The minimum absolute atomic E-state index is 0.0785. The summed E-state index contributed by atoms with van der Waals surface area (Å²) in [6, 6.07) is 8.44. The van der Waals surface area contributed by atoms with Gasteiger partial charge in [0.15, 0.2) is 0 Å². The first-order valence-electron chi connectivity index (χ1n) is 11.2. The zero-order valence-electron chi connectivity index (χ0n) is 17.5. The van der Waals surface area contributed by atoms with Gasteiger partial charge >= 0.3 is 0 Å². The van der Waals surface area contributed by atoms with Crippen LogP contribution in [0.4, 0.5) is 0 Å². The minimum atomic E-state index is -0.330. The van der Waals surface area contributed by atoms with Crippen molar-refractivity contribution < 1.29 is 9.59 Å². The first kappa shape index (κ1) is 19.5. The van der Waals surface area contributed by atoms with Crippen molar-refractivity contribution in [3.8, 4) is 0 Å². The van der Waals surface area contributed by atoms with Crippen LogP contribution in [0, 0.1) is 5.41 Å². The summed E-state index contributed by atoms with van der Waals surface area (Å²) in [5.74, 6) is 0.871. The Morgan fingerprint density at radius 1 is 1.00 bits per heavy atom. The van der Waals surface area contributed by atoms with E-state index in [1.54, 1.807) is 0 Å². The van der Waals surface area contributed by atoms with Crippen molar-refractivity contribution >= 4 is 11.8 Å². The number of nitrogens with zero attached hydrogens (tertiary/aromatic N) is 2. The molecular formula is C24H34N2O2. The van der Waals surface area contributed by atoms with Gasteiger partial charge in [0, 0.05) is 31.2 Å². The molecule has 2 saturated heterocycles. The normalized spacial score (nSPS) is 26.5. The first-order valence-corrected chi connectivity index (χ1v) is 11.2.